The van der Waals surface area contributed by atoms with E-state index in [1.807, 2.05) is 30.3 Å². The van der Waals surface area contributed by atoms with Crippen molar-refractivity contribution in [3.63, 3.8) is 0 Å². The summed E-state index contributed by atoms with van der Waals surface area (Å²) in [5, 5.41) is 17.1. The van der Waals surface area contributed by atoms with Crippen LogP contribution in [-0.4, -0.2) is 38.3 Å². The largest absolute Gasteiger partial charge is 0.388 e. The third-order valence-corrected chi connectivity index (χ3v) is 5.74. The van der Waals surface area contributed by atoms with Crippen LogP contribution < -0.4 is 0 Å². The van der Waals surface area contributed by atoms with Gasteiger partial charge in [-0.25, -0.2) is 0 Å². The number of aliphatic hydroxyl groups is 1. The number of fused-ring (bicyclic) bond motifs is 1. The van der Waals surface area contributed by atoms with Crippen LogP contribution >= 0.6 is 0 Å². The number of hydrogen-bond donors (Lipinski definition) is 1. The number of benzene rings is 2. The summed E-state index contributed by atoms with van der Waals surface area (Å²) in [6.45, 7) is 0.793. The quantitative estimate of drug-likeness (QED) is 0.714. The second kappa shape index (κ2) is 8.15. The van der Waals surface area contributed by atoms with Crippen molar-refractivity contribution in [2.75, 3.05) is 6.54 Å². The van der Waals surface area contributed by atoms with Gasteiger partial charge >= 0.3 is 0 Å². The molecule has 1 saturated heterocycles. The van der Waals surface area contributed by atoms with Gasteiger partial charge in [-0.3, -0.25) is 9.48 Å². The second-order valence-electron chi connectivity index (χ2n) is 7.76. The van der Waals surface area contributed by atoms with Crippen molar-refractivity contribution in [1.82, 2.24) is 14.7 Å². The first kappa shape index (κ1) is 18.7. The molecule has 0 bridgehead atoms. The van der Waals surface area contributed by atoms with Gasteiger partial charge in [-0.1, -0.05) is 42.5 Å². The summed E-state index contributed by atoms with van der Waals surface area (Å²) < 4.78 is 1.69. The van der Waals surface area contributed by atoms with Crippen molar-refractivity contribution >= 4 is 16.7 Å². The fourth-order valence-electron chi connectivity index (χ4n) is 4.20. The zero-order chi connectivity index (χ0) is 19.5. The van der Waals surface area contributed by atoms with E-state index in [2.05, 4.69) is 35.4 Å². The first-order valence-corrected chi connectivity index (χ1v) is 10.0. The van der Waals surface area contributed by atoms with Crippen LogP contribution in [0.3, 0.4) is 0 Å². The Morgan fingerprint density at radius 3 is 2.86 bits per heavy atom. The zero-order valence-corrected chi connectivity index (χ0v) is 16.3. The average molecular weight is 377 g/mol. The molecular formula is C23H27N3O2. The molecule has 0 radical (unpaired) electrons. The molecule has 5 nitrogen and oxygen atoms in total. The van der Waals surface area contributed by atoms with Crippen molar-refractivity contribution in [2.24, 2.45) is 7.05 Å². The number of rotatable bonds is 6. The van der Waals surface area contributed by atoms with Crippen molar-refractivity contribution in [2.45, 2.75) is 44.2 Å². The van der Waals surface area contributed by atoms with Crippen LogP contribution in [0.1, 0.15) is 42.9 Å². The Labute approximate surface area is 165 Å². The molecule has 28 heavy (non-hydrogen) atoms. The predicted octanol–water partition coefficient (Wildman–Crippen LogP) is 3.62. The topological polar surface area (TPSA) is 58.4 Å². The van der Waals surface area contributed by atoms with Gasteiger partial charge in [-0.15, -0.1) is 0 Å². The fraction of sp³-hybridized carbons (Fsp3) is 0.391. The summed E-state index contributed by atoms with van der Waals surface area (Å²) in [6.07, 6.45) is 6.76. The van der Waals surface area contributed by atoms with E-state index < -0.39 is 6.10 Å². The molecule has 5 heteroatoms. The third-order valence-electron chi connectivity index (χ3n) is 5.74. The molecule has 0 spiro atoms. The van der Waals surface area contributed by atoms with E-state index in [0.717, 1.165) is 31.4 Å². The minimum absolute atomic E-state index is 0.110. The van der Waals surface area contributed by atoms with Crippen LogP contribution in [0.25, 0.3) is 10.8 Å². The van der Waals surface area contributed by atoms with Gasteiger partial charge in [0.05, 0.1) is 12.3 Å². The van der Waals surface area contributed by atoms with Gasteiger partial charge in [0.2, 0.25) is 5.91 Å². The lowest BCUT2D eigenvalue weighted by Gasteiger charge is -2.26. The number of aromatic nitrogens is 2. The lowest BCUT2D eigenvalue weighted by atomic mass is 10.0. The smallest absolute Gasteiger partial charge is 0.223 e. The molecule has 1 aliphatic rings. The van der Waals surface area contributed by atoms with Crippen molar-refractivity contribution in [1.29, 1.82) is 0 Å². The number of hydrogen-bond acceptors (Lipinski definition) is 3. The number of aliphatic hydroxyl groups excluding tert-OH is 1. The molecule has 0 aliphatic carbocycles. The maximum absolute atomic E-state index is 12.8. The van der Waals surface area contributed by atoms with Gasteiger partial charge in [0.1, 0.15) is 0 Å². The Bertz CT molecular complexity index is 965. The fourth-order valence-corrected chi connectivity index (χ4v) is 4.20. The van der Waals surface area contributed by atoms with Crippen LogP contribution in [0.15, 0.2) is 54.9 Å². The molecular weight excluding hydrogens is 350 g/mol. The monoisotopic (exact) mass is 377 g/mol. The van der Waals surface area contributed by atoms with Gasteiger partial charge in [0, 0.05) is 37.8 Å². The Hall–Kier alpha value is -2.66. The molecule has 1 amide bonds. The normalized spacial score (nSPS) is 17.9. The number of amides is 1. The molecule has 2 aromatic carbocycles. The molecule has 3 aromatic rings. The summed E-state index contributed by atoms with van der Waals surface area (Å²) in [5.74, 6) is 0.189. The predicted molar refractivity (Wildman–Crippen MR) is 110 cm³/mol. The van der Waals surface area contributed by atoms with Gasteiger partial charge in [-0.05, 0) is 42.0 Å². The van der Waals surface area contributed by atoms with E-state index in [-0.39, 0.29) is 11.9 Å². The standard InChI is InChI=1S/C23H27N3O2/c1-25-16-20(15-24-25)22(27)14-21-7-4-12-26(21)23(28)11-9-17-8-10-18-5-2-3-6-19(18)13-17/h2-3,5-6,8,10,13,15-16,21-22,27H,4,7,9,11-12,14H2,1H3. The zero-order valence-electron chi connectivity index (χ0n) is 16.3. The van der Waals surface area contributed by atoms with Gasteiger partial charge in [0.15, 0.2) is 0 Å². The lowest BCUT2D eigenvalue weighted by Crippen LogP contribution is -2.36. The molecule has 1 aromatic heterocycles. The molecule has 146 valence electrons. The van der Waals surface area contributed by atoms with Gasteiger partial charge in [0.25, 0.3) is 0 Å². The number of carbonyl (C=O) groups excluding carboxylic acids is 1. The van der Waals surface area contributed by atoms with Crippen molar-refractivity contribution in [3.8, 4) is 0 Å². The van der Waals surface area contributed by atoms with Crippen molar-refractivity contribution < 1.29 is 9.90 Å². The van der Waals surface area contributed by atoms with E-state index in [4.69, 9.17) is 0 Å². The number of nitrogens with zero attached hydrogens (tertiary/aromatic N) is 3. The molecule has 0 saturated carbocycles. The van der Waals surface area contributed by atoms with E-state index in [0.29, 0.717) is 12.8 Å². The molecule has 2 atom stereocenters. The van der Waals surface area contributed by atoms with Crippen LogP contribution in [-0.2, 0) is 18.3 Å². The number of aryl methyl sites for hydroxylation is 2. The molecule has 4 rings (SSSR count). The third kappa shape index (κ3) is 4.09. The summed E-state index contributed by atoms with van der Waals surface area (Å²) in [6, 6.07) is 14.8. The Morgan fingerprint density at radius 1 is 1.25 bits per heavy atom. The second-order valence-corrected chi connectivity index (χ2v) is 7.76. The van der Waals surface area contributed by atoms with Gasteiger partial charge < -0.3 is 10.0 Å². The minimum atomic E-state index is -0.576. The summed E-state index contributed by atoms with van der Waals surface area (Å²) in [5.41, 5.74) is 2.01. The highest BCUT2D eigenvalue weighted by molar-refractivity contribution is 5.83. The van der Waals surface area contributed by atoms with Crippen LogP contribution in [0.2, 0.25) is 0 Å². The summed E-state index contributed by atoms with van der Waals surface area (Å²) in [4.78, 5) is 14.8. The summed E-state index contributed by atoms with van der Waals surface area (Å²) >= 11 is 0. The molecule has 1 N–H and O–H groups in total. The number of likely N-dealkylation sites (tertiary alicyclic amines) is 1. The maximum atomic E-state index is 12.8. The Kier molecular flexibility index (Phi) is 5.44. The first-order valence-electron chi connectivity index (χ1n) is 10.0. The van der Waals surface area contributed by atoms with Crippen LogP contribution in [0, 0.1) is 0 Å². The highest BCUT2D eigenvalue weighted by Crippen LogP contribution is 2.28. The van der Waals surface area contributed by atoms with Crippen LogP contribution in [0.5, 0.6) is 0 Å². The van der Waals surface area contributed by atoms with E-state index in [1.54, 1.807) is 10.9 Å². The molecule has 2 unspecified atom stereocenters. The van der Waals surface area contributed by atoms with Gasteiger partial charge in [-0.2, -0.15) is 5.10 Å². The Balaban J connectivity index is 1.36. The average Bonchev–Trinajstić information content (AvgIpc) is 3.35. The molecule has 1 aliphatic heterocycles. The summed E-state index contributed by atoms with van der Waals surface area (Å²) in [7, 11) is 1.84. The maximum Gasteiger partial charge on any atom is 0.223 e. The molecule has 2 heterocycles. The van der Waals surface area contributed by atoms with E-state index >= 15 is 0 Å². The van der Waals surface area contributed by atoms with Crippen LogP contribution in [0.4, 0.5) is 0 Å². The number of carbonyl (C=O) groups is 1. The Morgan fingerprint density at radius 2 is 2.07 bits per heavy atom. The lowest BCUT2D eigenvalue weighted by molar-refractivity contribution is -0.132. The van der Waals surface area contributed by atoms with E-state index in [1.165, 1.54) is 16.3 Å². The minimum Gasteiger partial charge on any atom is -0.388 e. The van der Waals surface area contributed by atoms with Crippen molar-refractivity contribution in [3.05, 3.63) is 66.0 Å². The highest BCUT2D eigenvalue weighted by atomic mass is 16.3. The van der Waals surface area contributed by atoms with E-state index in [9.17, 15) is 9.90 Å². The molecule has 1 fully saturated rings. The highest BCUT2D eigenvalue weighted by Gasteiger charge is 2.30. The first-order chi connectivity index (χ1) is 13.6. The SMILES string of the molecule is Cn1cc(C(O)CC2CCCN2C(=O)CCc2ccc3ccccc3c2)cn1.